The number of carbonyl (C=O) groups excluding carboxylic acids is 4. The van der Waals surface area contributed by atoms with Gasteiger partial charge >= 0.3 is 11.9 Å². The number of thiophene rings is 1. The Morgan fingerprint density at radius 3 is 2.25 bits per heavy atom. The standard InChI is InChI=1S/C29H25BrN2O6S2/c30-13-14-37-28(35)21-17-40-27-23(31-22(33)16-20-12-7-15-39-20)26(34)32(27)24(21)29(36)38-25(18-8-3-1-4-9-18)19-10-5-2-6-11-19/h1-12,15,23,25,27H,13-14,16-17H2,(H,31,33)/t23?,27-/m1/s1. The molecule has 40 heavy (non-hydrogen) atoms. The van der Waals surface area contributed by atoms with Gasteiger partial charge in [-0.3, -0.25) is 14.5 Å². The zero-order valence-corrected chi connectivity index (χ0v) is 24.4. The number of hydrogen-bond acceptors (Lipinski definition) is 8. The number of amides is 2. The minimum Gasteiger partial charge on any atom is -0.461 e. The number of carbonyl (C=O) groups is 4. The molecule has 2 amide bonds. The number of ether oxygens (including phenoxy) is 2. The number of hydrogen-bond donors (Lipinski definition) is 1. The lowest BCUT2D eigenvalue weighted by Gasteiger charge is -2.49. The molecule has 8 nitrogen and oxygen atoms in total. The molecular weight excluding hydrogens is 616 g/mol. The van der Waals surface area contributed by atoms with Crippen molar-refractivity contribution >= 4 is 62.8 Å². The van der Waals surface area contributed by atoms with Gasteiger partial charge in [-0.1, -0.05) is 82.7 Å². The van der Waals surface area contributed by atoms with Gasteiger partial charge in [0, 0.05) is 16.0 Å². The quantitative estimate of drug-likeness (QED) is 0.201. The van der Waals surface area contributed by atoms with Gasteiger partial charge in [0.1, 0.15) is 23.7 Å². The molecule has 3 heterocycles. The van der Waals surface area contributed by atoms with E-state index in [2.05, 4.69) is 21.2 Å². The van der Waals surface area contributed by atoms with Gasteiger partial charge < -0.3 is 14.8 Å². The molecule has 3 aromatic rings. The lowest BCUT2D eigenvalue weighted by molar-refractivity contribution is -0.155. The van der Waals surface area contributed by atoms with Crippen LogP contribution in [0.3, 0.4) is 0 Å². The number of fused-ring (bicyclic) bond motifs is 1. The van der Waals surface area contributed by atoms with Gasteiger partial charge in [0.15, 0.2) is 6.10 Å². The summed E-state index contributed by atoms with van der Waals surface area (Å²) < 4.78 is 11.3. The smallest absolute Gasteiger partial charge is 0.356 e. The fourth-order valence-electron chi connectivity index (χ4n) is 4.53. The van der Waals surface area contributed by atoms with E-state index in [9.17, 15) is 19.2 Å². The molecule has 11 heteroatoms. The third kappa shape index (κ3) is 6.01. The predicted molar refractivity (Wildman–Crippen MR) is 156 cm³/mol. The van der Waals surface area contributed by atoms with Crippen LogP contribution < -0.4 is 5.32 Å². The number of rotatable bonds is 10. The van der Waals surface area contributed by atoms with Gasteiger partial charge in [0.2, 0.25) is 5.91 Å². The van der Waals surface area contributed by atoms with Gasteiger partial charge in [0.25, 0.3) is 5.91 Å². The van der Waals surface area contributed by atoms with Crippen LogP contribution in [0.2, 0.25) is 0 Å². The Labute approximate surface area is 247 Å². The molecule has 2 atom stereocenters. The highest BCUT2D eigenvalue weighted by atomic mass is 79.9. The molecule has 0 saturated carbocycles. The molecular formula is C29H25BrN2O6S2. The first-order valence-corrected chi connectivity index (χ1v) is 15.6. The van der Waals surface area contributed by atoms with Crippen LogP contribution >= 0.6 is 39.0 Å². The third-order valence-corrected chi connectivity index (χ3v) is 8.86. The summed E-state index contributed by atoms with van der Waals surface area (Å²) in [6.07, 6.45) is -0.614. The Morgan fingerprint density at radius 2 is 1.65 bits per heavy atom. The molecule has 0 bridgehead atoms. The molecule has 1 fully saturated rings. The highest BCUT2D eigenvalue weighted by Gasteiger charge is 2.55. The zero-order valence-electron chi connectivity index (χ0n) is 21.2. The summed E-state index contributed by atoms with van der Waals surface area (Å²) in [4.78, 5) is 54.9. The van der Waals surface area contributed by atoms with E-state index >= 15 is 0 Å². The van der Waals surface area contributed by atoms with E-state index in [0.29, 0.717) is 5.33 Å². The fraction of sp³-hybridized carbons (Fsp3) is 0.241. The first-order valence-electron chi connectivity index (χ1n) is 12.5. The largest absolute Gasteiger partial charge is 0.461 e. The SMILES string of the molecule is O=C(Cc1cccs1)NC1C(=O)N2C(C(=O)OC(c3ccccc3)c3ccccc3)=C(C(=O)OCCBr)CS[C@H]12. The maximum absolute atomic E-state index is 13.8. The van der Waals surface area contributed by atoms with Crippen LogP contribution in [0.25, 0.3) is 0 Å². The normalized spacial score (nSPS) is 18.1. The number of nitrogens with zero attached hydrogens (tertiary/aromatic N) is 1. The van der Waals surface area contributed by atoms with Gasteiger partial charge in [-0.15, -0.1) is 23.1 Å². The predicted octanol–water partition coefficient (Wildman–Crippen LogP) is 4.22. The van der Waals surface area contributed by atoms with Crippen molar-refractivity contribution in [2.45, 2.75) is 23.9 Å². The summed E-state index contributed by atoms with van der Waals surface area (Å²) >= 11 is 5.98. The van der Waals surface area contributed by atoms with Crippen LogP contribution in [0.1, 0.15) is 22.1 Å². The summed E-state index contributed by atoms with van der Waals surface area (Å²) in [7, 11) is 0. The van der Waals surface area contributed by atoms with Crippen molar-refractivity contribution in [3.63, 3.8) is 0 Å². The molecule has 5 rings (SSSR count). The molecule has 2 aliphatic rings. The van der Waals surface area contributed by atoms with Crippen molar-refractivity contribution in [3.05, 3.63) is 105 Å². The number of thioether (sulfide) groups is 1. The topological polar surface area (TPSA) is 102 Å². The van der Waals surface area contributed by atoms with Crippen LogP contribution in [0.4, 0.5) is 0 Å². The van der Waals surface area contributed by atoms with Gasteiger partial charge in [-0.05, 0) is 22.6 Å². The minimum atomic E-state index is -0.820. The molecule has 1 unspecified atom stereocenters. The maximum atomic E-state index is 13.8. The van der Waals surface area contributed by atoms with Crippen LogP contribution in [-0.4, -0.2) is 57.8 Å². The highest BCUT2D eigenvalue weighted by Crippen LogP contribution is 2.42. The van der Waals surface area contributed by atoms with Crippen LogP contribution in [0.15, 0.2) is 89.4 Å². The number of halogens is 1. The highest BCUT2D eigenvalue weighted by molar-refractivity contribution is 9.09. The van der Waals surface area contributed by atoms with Crippen LogP contribution in [0, 0.1) is 0 Å². The average Bonchev–Trinajstić information content (AvgIpc) is 3.50. The Morgan fingerprint density at radius 1 is 0.975 bits per heavy atom. The molecule has 0 spiro atoms. The monoisotopic (exact) mass is 640 g/mol. The molecule has 0 aliphatic carbocycles. The molecule has 2 aliphatic heterocycles. The van der Waals surface area contributed by atoms with E-state index in [1.165, 1.54) is 28.0 Å². The maximum Gasteiger partial charge on any atom is 0.356 e. The van der Waals surface area contributed by atoms with E-state index in [1.54, 1.807) is 0 Å². The third-order valence-electron chi connectivity index (χ3n) is 6.38. The average molecular weight is 642 g/mol. The molecule has 0 radical (unpaired) electrons. The van der Waals surface area contributed by atoms with Crippen molar-refractivity contribution in [1.82, 2.24) is 10.2 Å². The number of benzene rings is 2. The van der Waals surface area contributed by atoms with Gasteiger partial charge in [-0.25, -0.2) is 9.59 Å². The molecule has 2 aromatic carbocycles. The van der Waals surface area contributed by atoms with Crippen LogP contribution in [0.5, 0.6) is 0 Å². The first kappa shape index (κ1) is 28.1. The van der Waals surface area contributed by atoms with Crippen molar-refractivity contribution in [2.24, 2.45) is 0 Å². The summed E-state index contributed by atoms with van der Waals surface area (Å²) in [5, 5.41) is 4.54. The number of esters is 2. The Bertz CT molecular complexity index is 1380. The second-order valence-electron chi connectivity index (χ2n) is 8.97. The fourth-order valence-corrected chi connectivity index (χ4v) is 6.72. The van der Waals surface area contributed by atoms with Crippen molar-refractivity contribution in [2.75, 3.05) is 17.7 Å². The van der Waals surface area contributed by atoms with Gasteiger partial charge in [-0.2, -0.15) is 0 Å². The lowest BCUT2D eigenvalue weighted by atomic mass is 10.0. The van der Waals surface area contributed by atoms with E-state index in [-0.39, 0.29) is 36.0 Å². The second-order valence-corrected chi connectivity index (χ2v) is 11.9. The van der Waals surface area contributed by atoms with Crippen molar-refractivity contribution in [1.29, 1.82) is 0 Å². The summed E-state index contributed by atoms with van der Waals surface area (Å²) in [5.74, 6) is -2.15. The van der Waals surface area contributed by atoms with E-state index in [4.69, 9.17) is 9.47 Å². The number of nitrogens with one attached hydrogen (secondary N) is 1. The van der Waals surface area contributed by atoms with Gasteiger partial charge in [0.05, 0.1) is 12.0 Å². The Hall–Kier alpha value is -3.41. The Kier molecular flexibility index (Phi) is 9.03. The summed E-state index contributed by atoms with van der Waals surface area (Å²) in [5.41, 5.74) is 1.39. The molecule has 1 N–H and O–H groups in total. The Balaban J connectivity index is 1.42. The molecule has 206 valence electrons. The van der Waals surface area contributed by atoms with Crippen molar-refractivity contribution in [3.8, 4) is 0 Å². The minimum absolute atomic E-state index is 0.0591. The zero-order chi connectivity index (χ0) is 28.1. The van der Waals surface area contributed by atoms with E-state index < -0.39 is 35.4 Å². The summed E-state index contributed by atoms with van der Waals surface area (Å²) in [6, 6.07) is 21.4. The van der Waals surface area contributed by atoms with E-state index in [1.807, 2.05) is 78.2 Å². The molecule has 1 aromatic heterocycles. The van der Waals surface area contributed by atoms with Crippen molar-refractivity contribution < 1.29 is 28.7 Å². The van der Waals surface area contributed by atoms with Crippen LogP contribution in [-0.2, 0) is 35.1 Å². The second kappa shape index (κ2) is 12.8. The number of β-lactam (4-membered cyclic amide) rings is 1. The van der Waals surface area contributed by atoms with E-state index in [0.717, 1.165) is 16.0 Å². The lowest BCUT2D eigenvalue weighted by Crippen LogP contribution is -2.71. The summed E-state index contributed by atoms with van der Waals surface area (Å²) in [6.45, 7) is 0.102. The molecule has 1 saturated heterocycles. The number of alkyl halides is 1. The first-order chi connectivity index (χ1) is 19.5.